The maximum atomic E-state index is 10.9. The van der Waals surface area contributed by atoms with Crippen LogP contribution in [0.2, 0.25) is 0 Å². The lowest BCUT2D eigenvalue weighted by Gasteiger charge is -2.19. The Bertz CT molecular complexity index is 179. The molecule has 0 radical (unpaired) electrons. The molecule has 1 aliphatic rings. The Labute approximate surface area is 65.0 Å². The minimum atomic E-state index is -0.494. The van der Waals surface area contributed by atoms with Crippen LogP contribution in [0, 0.1) is 5.92 Å². The molecule has 1 rings (SSSR count). The summed E-state index contributed by atoms with van der Waals surface area (Å²) in [5.74, 6) is 4.58. The second-order valence-electron chi connectivity index (χ2n) is 2.67. The number of allylic oxidation sites excluding steroid dienone is 1. The Morgan fingerprint density at radius 2 is 2.45 bits per heavy atom. The van der Waals surface area contributed by atoms with E-state index >= 15 is 0 Å². The molecule has 0 aromatic rings. The maximum Gasteiger partial charge on any atom is 0.237 e. The van der Waals surface area contributed by atoms with Crippen molar-refractivity contribution in [2.24, 2.45) is 11.8 Å². The van der Waals surface area contributed by atoms with Gasteiger partial charge in [0.1, 0.15) is 0 Å². The quantitative estimate of drug-likeness (QED) is 0.203. The van der Waals surface area contributed by atoms with Crippen LogP contribution < -0.4 is 11.3 Å². The number of aliphatic hydroxyl groups is 1. The van der Waals surface area contributed by atoms with Gasteiger partial charge in [-0.2, -0.15) is 0 Å². The molecular weight excluding hydrogens is 144 g/mol. The molecule has 0 aliphatic heterocycles. The van der Waals surface area contributed by atoms with E-state index in [2.05, 4.69) is 5.43 Å². The van der Waals surface area contributed by atoms with Gasteiger partial charge in [0.25, 0.3) is 0 Å². The first-order chi connectivity index (χ1) is 5.24. The van der Waals surface area contributed by atoms with Crippen molar-refractivity contribution in [2.75, 3.05) is 0 Å². The van der Waals surface area contributed by atoms with Gasteiger partial charge in [-0.05, 0) is 12.8 Å². The lowest BCUT2D eigenvalue weighted by Crippen LogP contribution is -2.37. The highest BCUT2D eigenvalue weighted by molar-refractivity contribution is 5.78. The van der Waals surface area contributed by atoms with Crippen LogP contribution in [0.5, 0.6) is 0 Å². The normalized spacial score (nSPS) is 30.0. The number of carbonyl (C=O) groups is 1. The molecule has 0 spiro atoms. The molecule has 0 fully saturated rings. The number of hydrazine groups is 1. The highest BCUT2D eigenvalue weighted by Crippen LogP contribution is 2.18. The minimum Gasteiger partial charge on any atom is -0.389 e. The van der Waals surface area contributed by atoms with E-state index in [1.165, 1.54) is 0 Å². The average molecular weight is 156 g/mol. The van der Waals surface area contributed by atoms with Gasteiger partial charge in [-0.15, -0.1) is 0 Å². The van der Waals surface area contributed by atoms with E-state index < -0.39 is 6.10 Å². The van der Waals surface area contributed by atoms with Crippen LogP contribution in [0.4, 0.5) is 0 Å². The summed E-state index contributed by atoms with van der Waals surface area (Å²) in [6.07, 6.45) is 4.14. The van der Waals surface area contributed by atoms with Gasteiger partial charge in [0, 0.05) is 5.92 Å². The third kappa shape index (κ3) is 2.03. The zero-order valence-electron chi connectivity index (χ0n) is 6.16. The molecule has 4 nitrogen and oxygen atoms in total. The van der Waals surface area contributed by atoms with Gasteiger partial charge in [0.15, 0.2) is 0 Å². The molecule has 4 heteroatoms. The van der Waals surface area contributed by atoms with Crippen LogP contribution in [-0.4, -0.2) is 17.1 Å². The smallest absolute Gasteiger partial charge is 0.237 e. The van der Waals surface area contributed by atoms with Crippen molar-refractivity contribution < 1.29 is 9.90 Å². The van der Waals surface area contributed by atoms with Crippen molar-refractivity contribution in [3.63, 3.8) is 0 Å². The third-order valence-electron chi connectivity index (χ3n) is 1.82. The number of rotatable bonds is 1. The highest BCUT2D eigenvalue weighted by Gasteiger charge is 2.21. The van der Waals surface area contributed by atoms with Gasteiger partial charge in [0.2, 0.25) is 5.91 Å². The molecule has 2 atom stereocenters. The van der Waals surface area contributed by atoms with E-state index in [0.717, 1.165) is 0 Å². The Hall–Kier alpha value is -0.870. The summed E-state index contributed by atoms with van der Waals surface area (Å²) < 4.78 is 0. The minimum absolute atomic E-state index is 0.167. The molecule has 0 heterocycles. The molecule has 0 unspecified atom stereocenters. The highest BCUT2D eigenvalue weighted by atomic mass is 16.3. The summed E-state index contributed by atoms with van der Waals surface area (Å²) in [5.41, 5.74) is 2.07. The van der Waals surface area contributed by atoms with Gasteiger partial charge < -0.3 is 5.11 Å². The second-order valence-corrected chi connectivity index (χ2v) is 2.67. The molecule has 1 aliphatic carbocycles. The van der Waals surface area contributed by atoms with Crippen LogP contribution in [0.25, 0.3) is 0 Å². The molecular formula is C7H12N2O2. The number of carbonyl (C=O) groups excluding carboxylic acids is 1. The summed E-state index contributed by atoms with van der Waals surface area (Å²) in [5, 5.41) is 9.12. The monoisotopic (exact) mass is 156 g/mol. The number of nitrogens with one attached hydrogen (secondary N) is 1. The molecule has 11 heavy (non-hydrogen) atoms. The fraction of sp³-hybridized carbons (Fsp3) is 0.571. The van der Waals surface area contributed by atoms with Gasteiger partial charge in [-0.3, -0.25) is 10.2 Å². The van der Waals surface area contributed by atoms with Crippen LogP contribution in [0.1, 0.15) is 12.8 Å². The number of aliphatic hydroxyl groups excluding tert-OH is 1. The molecule has 62 valence electrons. The Morgan fingerprint density at radius 3 is 3.00 bits per heavy atom. The summed E-state index contributed by atoms with van der Waals surface area (Å²) in [4.78, 5) is 10.9. The SMILES string of the molecule is NNC(=O)[C@H]1CC=C[C@@H](O)C1. The van der Waals surface area contributed by atoms with E-state index in [0.29, 0.717) is 12.8 Å². The van der Waals surface area contributed by atoms with Gasteiger partial charge >= 0.3 is 0 Å². The van der Waals surface area contributed by atoms with Crippen LogP contribution in [0.3, 0.4) is 0 Å². The molecule has 0 aromatic carbocycles. The molecule has 0 saturated heterocycles. The Kier molecular flexibility index (Phi) is 2.62. The van der Waals surface area contributed by atoms with E-state index in [1.54, 1.807) is 12.2 Å². The Morgan fingerprint density at radius 1 is 1.73 bits per heavy atom. The van der Waals surface area contributed by atoms with Crippen molar-refractivity contribution in [1.29, 1.82) is 0 Å². The summed E-state index contributed by atoms with van der Waals surface area (Å²) in [7, 11) is 0. The van der Waals surface area contributed by atoms with Crippen molar-refractivity contribution in [3.8, 4) is 0 Å². The van der Waals surface area contributed by atoms with E-state index in [-0.39, 0.29) is 11.8 Å². The van der Waals surface area contributed by atoms with E-state index in [1.807, 2.05) is 0 Å². The van der Waals surface area contributed by atoms with Gasteiger partial charge in [0.05, 0.1) is 6.10 Å². The first-order valence-electron chi connectivity index (χ1n) is 3.59. The summed E-state index contributed by atoms with van der Waals surface area (Å²) in [6.45, 7) is 0. The molecule has 0 aromatic heterocycles. The average Bonchev–Trinajstić information content (AvgIpc) is 2.03. The molecule has 0 saturated carbocycles. The fourth-order valence-corrected chi connectivity index (χ4v) is 1.20. The lowest BCUT2D eigenvalue weighted by molar-refractivity contribution is -0.125. The predicted molar refractivity (Wildman–Crippen MR) is 40.2 cm³/mol. The van der Waals surface area contributed by atoms with E-state index in [4.69, 9.17) is 10.9 Å². The zero-order chi connectivity index (χ0) is 8.27. The molecule has 1 amide bonds. The van der Waals surface area contributed by atoms with Crippen molar-refractivity contribution in [1.82, 2.24) is 5.43 Å². The van der Waals surface area contributed by atoms with Crippen molar-refractivity contribution in [3.05, 3.63) is 12.2 Å². The van der Waals surface area contributed by atoms with Crippen LogP contribution in [-0.2, 0) is 4.79 Å². The van der Waals surface area contributed by atoms with Crippen molar-refractivity contribution in [2.45, 2.75) is 18.9 Å². The first-order valence-corrected chi connectivity index (χ1v) is 3.59. The van der Waals surface area contributed by atoms with Crippen LogP contribution >= 0.6 is 0 Å². The Balaban J connectivity index is 2.49. The zero-order valence-corrected chi connectivity index (χ0v) is 6.16. The number of hydrogen-bond acceptors (Lipinski definition) is 3. The molecule has 0 bridgehead atoms. The second kappa shape index (κ2) is 3.50. The summed E-state index contributed by atoms with van der Waals surface area (Å²) in [6, 6.07) is 0. The van der Waals surface area contributed by atoms with E-state index in [9.17, 15) is 4.79 Å². The predicted octanol–water partition coefficient (Wildman–Crippen LogP) is -0.697. The number of nitrogens with two attached hydrogens (primary N) is 1. The lowest BCUT2D eigenvalue weighted by atomic mass is 9.92. The first kappa shape index (κ1) is 8.23. The number of amides is 1. The van der Waals surface area contributed by atoms with Crippen molar-refractivity contribution >= 4 is 5.91 Å². The van der Waals surface area contributed by atoms with Gasteiger partial charge in [-0.25, -0.2) is 5.84 Å². The molecule has 4 N–H and O–H groups in total. The standard InChI is InChI=1S/C7H12N2O2/c8-9-7(11)5-2-1-3-6(10)4-5/h1,3,5-6,10H,2,4,8H2,(H,9,11)/t5-,6+/m0/s1. The summed E-state index contributed by atoms with van der Waals surface area (Å²) >= 11 is 0. The largest absolute Gasteiger partial charge is 0.389 e. The maximum absolute atomic E-state index is 10.9. The fourth-order valence-electron chi connectivity index (χ4n) is 1.20. The topological polar surface area (TPSA) is 75.3 Å². The van der Waals surface area contributed by atoms with Gasteiger partial charge in [-0.1, -0.05) is 12.2 Å². The van der Waals surface area contributed by atoms with Crippen LogP contribution in [0.15, 0.2) is 12.2 Å². The third-order valence-corrected chi connectivity index (χ3v) is 1.82. The number of hydrogen-bond donors (Lipinski definition) is 3.